The average molecular weight is 415 g/mol. The number of anilines is 1. The Balaban J connectivity index is 1.78. The second kappa shape index (κ2) is 10.2. The molecule has 0 atom stereocenters. The Morgan fingerprint density at radius 2 is 1.52 bits per heavy atom. The van der Waals surface area contributed by atoms with Crippen molar-refractivity contribution in [3.63, 3.8) is 0 Å². The van der Waals surface area contributed by atoms with Crippen LogP contribution in [0.2, 0.25) is 0 Å². The molecule has 0 saturated carbocycles. The van der Waals surface area contributed by atoms with Crippen LogP contribution in [0.1, 0.15) is 12.5 Å². The monoisotopic (exact) mass is 415 g/mol. The number of rotatable bonds is 6. The largest absolute Gasteiger partial charge is 0.418 e. The molecule has 1 fully saturated rings. The summed E-state index contributed by atoms with van der Waals surface area (Å²) in [7, 11) is 0. The van der Waals surface area contributed by atoms with Gasteiger partial charge in [0.2, 0.25) is 11.8 Å². The van der Waals surface area contributed by atoms with Crippen LogP contribution in [0.15, 0.2) is 24.3 Å². The molecule has 29 heavy (non-hydrogen) atoms. The zero-order valence-electron chi connectivity index (χ0n) is 16.0. The van der Waals surface area contributed by atoms with Crippen molar-refractivity contribution in [1.29, 1.82) is 0 Å². The number of carbonyl (C=O) groups excluding carboxylic acids is 3. The van der Waals surface area contributed by atoms with Crippen molar-refractivity contribution in [2.24, 2.45) is 0 Å². The second-order valence-electron chi connectivity index (χ2n) is 6.55. The van der Waals surface area contributed by atoms with E-state index in [1.165, 1.54) is 18.2 Å². The first kappa shape index (κ1) is 22.6. The minimum Gasteiger partial charge on any atom is -0.338 e. The second-order valence-corrected chi connectivity index (χ2v) is 6.55. The van der Waals surface area contributed by atoms with Gasteiger partial charge < -0.3 is 10.6 Å². The number of hydrogen-bond donors (Lipinski definition) is 3. The number of nitrogens with zero attached hydrogens (tertiary/aromatic N) is 2. The lowest BCUT2D eigenvalue weighted by Crippen LogP contribution is -2.52. The molecule has 0 radical (unpaired) electrons. The topological polar surface area (TPSA) is 93.8 Å². The highest BCUT2D eigenvalue weighted by Gasteiger charge is 2.33. The molecule has 2 rings (SSSR count). The van der Waals surface area contributed by atoms with Crippen LogP contribution < -0.4 is 16.0 Å². The Morgan fingerprint density at radius 1 is 0.966 bits per heavy atom. The number of urea groups is 1. The first-order valence-corrected chi connectivity index (χ1v) is 9.17. The van der Waals surface area contributed by atoms with Gasteiger partial charge in [-0.25, -0.2) is 4.79 Å². The fourth-order valence-electron chi connectivity index (χ4n) is 2.91. The predicted octanol–water partition coefficient (Wildman–Crippen LogP) is 1.11. The molecule has 0 aromatic heterocycles. The number of alkyl halides is 3. The minimum atomic E-state index is -4.55. The van der Waals surface area contributed by atoms with Crippen molar-refractivity contribution < 1.29 is 27.6 Å². The normalized spacial score (nSPS) is 15.6. The van der Waals surface area contributed by atoms with Gasteiger partial charge in [0.05, 0.1) is 24.3 Å². The first-order valence-electron chi connectivity index (χ1n) is 9.17. The molecule has 1 heterocycles. The number of halogens is 3. The SMILES string of the molecule is CCNC(=O)NC(=O)CN1CCN(CC(=O)Nc2ccccc2C(F)(F)F)CC1. The number of para-hydroxylation sites is 1. The first-order chi connectivity index (χ1) is 13.7. The molecule has 1 aliphatic heterocycles. The molecule has 3 N–H and O–H groups in total. The highest BCUT2D eigenvalue weighted by Crippen LogP contribution is 2.34. The molecule has 4 amide bonds. The van der Waals surface area contributed by atoms with Crippen LogP contribution in [0.4, 0.5) is 23.7 Å². The Morgan fingerprint density at radius 3 is 2.07 bits per heavy atom. The third-order valence-electron chi connectivity index (χ3n) is 4.30. The fraction of sp³-hybridized carbons (Fsp3) is 0.500. The van der Waals surface area contributed by atoms with Crippen molar-refractivity contribution >= 4 is 23.5 Å². The summed E-state index contributed by atoms with van der Waals surface area (Å²) in [5.41, 5.74) is -1.16. The van der Waals surface area contributed by atoms with E-state index in [0.717, 1.165) is 6.07 Å². The lowest BCUT2D eigenvalue weighted by molar-refractivity contribution is -0.137. The van der Waals surface area contributed by atoms with Gasteiger partial charge in [-0.1, -0.05) is 12.1 Å². The van der Waals surface area contributed by atoms with Crippen molar-refractivity contribution in [2.75, 3.05) is 51.1 Å². The zero-order valence-corrected chi connectivity index (χ0v) is 16.0. The van der Waals surface area contributed by atoms with Crippen molar-refractivity contribution in [3.8, 4) is 0 Å². The number of carbonyl (C=O) groups is 3. The van der Waals surface area contributed by atoms with Gasteiger partial charge in [-0.15, -0.1) is 0 Å². The van der Waals surface area contributed by atoms with Gasteiger partial charge in [-0.05, 0) is 19.1 Å². The molecule has 0 unspecified atom stereocenters. The number of benzene rings is 1. The lowest BCUT2D eigenvalue weighted by atomic mass is 10.1. The summed E-state index contributed by atoms with van der Waals surface area (Å²) >= 11 is 0. The van der Waals surface area contributed by atoms with E-state index >= 15 is 0 Å². The van der Waals surface area contributed by atoms with Crippen LogP contribution in [0.3, 0.4) is 0 Å². The summed E-state index contributed by atoms with van der Waals surface area (Å²) in [5.74, 6) is -0.963. The Kier molecular flexibility index (Phi) is 7.97. The quantitative estimate of drug-likeness (QED) is 0.647. The third-order valence-corrected chi connectivity index (χ3v) is 4.30. The van der Waals surface area contributed by atoms with E-state index in [-0.39, 0.29) is 18.8 Å². The number of hydrogen-bond acceptors (Lipinski definition) is 5. The Hall–Kier alpha value is -2.66. The Labute approximate surface area is 166 Å². The fourth-order valence-corrected chi connectivity index (χ4v) is 2.91. The molecule has 11 heteroatoms. The number of nitrogens with one attached hydrogen (secondary N) is 3. The van der Waals surface area contributed by atoms with Gasteiger partial charge in [0, 0.05) is 32.7 Å². The summed E-state index contributed by atoms with van der Waals surface area (Å²) in [6.45, 7) is 4.09. The molecule has 0 aliphatic carbocycles. The molecule has 0 bridgehead atoms. The molecule has 160 valence electrons. The van der Waals surface area contributed by atoms with Gasteiger partial charge in [0.15, 0.2) is 0 Å². The highest BCUT2D eigenvalue weighted by atomic mass is 19.4. The van der Waals surface area contributed by atoms with E-state index in [1.54, 1.807) is 11.8 Å². The maximum Gasteiger partial charge on any atom is 0.418 e. The van der Waals surface area contributed by atoms with E-state index in [4.69, 9.17) is 0 Å². The number of piperazine rings is 1. The molecule has 1 aliphatic rings. The maximum absolute atomic E-state index is 13.0. The molecule has 8 nitrogen and oxygen atoms in total. The zero-order chi connectivity index (χ0) is 21.4. The van der Waals surface area contributed by atoms with Crippen LogP contribution in [-0.2, 0) is 15.8 Å². The molecule has 1 saturated heterocycles. The van der Waals surface area contributed by atoms with Gasteiger partial charge in [-0.3, -0.25) is 24.7 Å². The summed E-state index contributed by atoms with van der Waals surface area (Å²) in [6.07, 6.45) is -4.55. The summed E-state index contributed by atoms with van der Waals surface area (Å²) in [4.78, 5) is 38.9. The van der Waals surface area contributed by atoms with Gasteiger partial charge >= 0.3 is 12.2 Å². The summed E-state index contributed by atoms with van der Waals surface area (Å²) in [6, 6.07) is 4.27. The van der Waals surface area contributed by atoms with Crippen LogP contribution in [0, 0.1) is 0 Å². The van der Waals surface area contributed by atoms with E-state index < -0.39 is 29.6 Å². The van der Waals surface area contributed by atoms with Gasteiger partial charge in [0.1, 0.15) is 0 Å². The van der Waals surface area contributed by atoms with E-state index in [1.807, 2.05) is 4.90 Å². The highest BCUT2D eigenvalue weighted by molar-refractivity contribution is 5.95. The van der Waals surface area contributed by atoms with E-state index in [2.05, 4.69) is 16.0 Å². The van der Waals surface area contributed by atoms with Crippen molar-refractivity contribution in [2.45, 2.75) is 13.1 Å². The smallest absolute Gasteiger partial charge is 0.338 e. The standard InChI is InChI=1S/C18H24F3N5O3/c1-2-22-17(29)24-16(28)12-26-9-7-25(8-10-26)11-15(27)23-14-6-4-3-5-13(14)18(19,20)21/h3-6H,2,7-12H2,1H3,(H,23,27)(H2,22,24,28,29). The van der Waals surface area contributed by atoms with Crippen LogP contribution in [-0.4, -0.2) is 73.5 Å². The lowest BCUT2D eigenvalue weighted by Gasteiger charge is -2.33. The average Bonchev–Trinajstić information content (AvgIpc) is 2.63. The van der Waals surface area contributed by atoms with Crippen LogP contribution in [0.5, 0.6) is 0 Å². The van der Waals surface area contributed by atoms with Crippen LogP contribution in [0.25, 0.3) is 0 Å². The van der Waals surface area contributed by atoms with E-state index in [9.17, 15) is 27.6 Å². The number of imide groups is 1. The summed E-state index contributed by atoms with van der Waals surface area (Å²) in [5, 5.41) is 7.00. The van der Waals surface area contributed by atoms with Crippen molar-refractivity contribution in [3.05, 3.63) is 29.8 Å². The molecular weight excluding hydrogens is 391 g/mol. The van der Waals surface area contributed by atoms with E-state index in [0.29, 0.717) is 32.7 Å². The third kappa shape index (κ3) is 7.35. The van der Waals surface area contributed by atoms with Gasteiger partial charge in [0.25, 0.3) is 0 Å². The predicted molar refractivity (Wildman–Crippen MR) is 100 cm³/mol. The molecule has 0 spiro atoms. The molecule has 1 aromatic rings. The minimum absolute atomic E-state index is 0.0505. The molecule has 1 aromatic carbocycles. The maximum atomic E-state index is 13.0. The van der Waals surface area contributed by atoms with Crippen LogP contribution >= 0.6 is 0 Å². The summed E-state index contributed by atoms with van der Waals surface area (Å²) < 4.78 is 39.0. The van der Waals surface area contributed by atoms with Crippen molar-refractivity contribution in [1.82, 2.24) is 20.4 Å². The Bertz CT molecular complexity index is 734. The van der Waals surface area contributed by atoms with Gasteiger partial charge in [-0.2, -0.15) is 13.2 Å². The number of amides is 4. The molecular formula is C18H24F3N5O3.